The first-order chi connectivity index (χ1) is 11.2. The fourth-order valence-corrected chi connectivity index (χ4v) is 3.01. The minimum Gasteiger partial charge on any atom is -0.338 e. The first kappa shape index (κ1) is 18.4. The molecule has 132 valence electrons. The van der Waals surface area contributed by atoms with Crippen LogP contribution < -0.4 is 0 Å². The Morgan fingerprint density at radius 3 is 2.62 bits per heavy atom. The molecule has 0 atom stereocenters. The highest BCUT2D eigenvalue weighted by Crippen LogP contribution is 2.32. The van der Waals surface area contributed by atoms with Gasteiger partial charge in [-0.05, 0) is 25.0 Å². The maximum Gasteiger partial charge on any atom is 0.471 e. The lowest BCUT2D eigenvalue weighted by Gasteiger charge is -2.21. The molecule has 0 radical (unpaired) electrons. The Bertz CT molecular complexity index is 694. The number of thiophene rings is 1. The van der Waals surface area contributed by atoms with E-state index in [9.17, 15) is 18.0 Å². The number of rotatable bonds is 6. The molecule has 5 nitrogen and oxygen atoms in total. The molecule has 2 aromatic heterocycles. The Labute approximate surface area is 141 Å². The molecule has 24 heavy (non-hydrogen) atoms. The summed E-state index contributed by atoms with van der Waals surface area (Å²) >= 11 is 1.24. The van der Waals surface area contributed by atoms with Crippen LogP contribution in [0.25, 0.3) is 10.7 Å². The largest absolute Gasteiger partial charge is 0.471 e. The van der Waals surface area contributed by atoms with Crippen molar-refractivity contribution in [2.45, 2.75) is 39.9 Å². The molecular formula is C15H18F3N3O2S. The highest BCUT2D eigenvalue weighted by molar-refractivity contribution is 7.15. The van der Waals surface area contributed by atoms with Gasteiger partial charge in [-0.1, -0.05) is 19.0 Å². The van der Waals surface area contributed by atoms with Gasteiger partial charge in [-0.3, -0.25) is 4.79 Å². The topological polar surface area (TPSA) is 59.2 Å². The zero-order chi connectivity index (χ0) is 17.9. The Hall–Kier alpha value is -1.90. The lowest BCUT2D eigenvalue weighted by molar-refractivity contribution is -0.159. The number of hydrogen-bond donors (Lipinski definition) is 0. The quantitative estimate of drug-likeness (QED) is 0.773. The lowest BCUT2D eigenvalue weighted by Crippen LogP contribution is -2.30. The first-order valence-electron chi connectivity index (χ1n) is 7.48. The fraction of sp³-hybridized carbons (Fsp3) is 0.533. The molecule has 2 aromatic rings. The molecular weight excluding hydrogens is 343 g/mol. The molecule has 9 heteroatoms. The minimum atomic E-state index is -4.66. The summed E-state index contributed by atoms with van der Waals surface area (Å²) in [6.07, 6.45) is -4.19. The molecule has 0 aliphatic heterocycles. The summed E-state index contributed by atoms with van der Waals surface area (Å²) < 4.78 is 41.7. The van der Waals surface area contributed by atoms with E-state index in [2.05, 4.69) is 14.7 Å². The Kier molecular flexibility index (Phi) is 5.63. The molecule has 0 spiro atoms. The van der Waals surface area contributed by atoms with Crippen LogP contribution in [0.3, 0.4) is 0 Å². The van der Waals surface area contributed by atoms with Crippen LogP contribution in [0.5, 0.6) is 0 Å². The van der Waals surface area contributed by atoms with Crippen LogP contribution in [-0.2, 0) is 17.5 Å². The molecule has 0 N–H and O–H groups in total. The SMILES string of the molecule is CCN(Cc1ccc(-c2noc(C(F)(F)F)n2)s1)C(=O)CC(C)C. The molecule has 0 fully saturated rings. The van der Waals surface area contributed by atoms with Gasteiger partial charge in [0.2, 0.25) is 11.7 Å². The predicted molar refractivity (Wildman–Crippen MR) is 83.2 cm³/mol. The molecule has 0 unspecified atom stereocenters. The van der Waals surface area contributed by atoms with Crippen molar-refractivity contribution in [2.24, 2.45) is 5.92 Å². The summed E-state index contributed by atoms with van der Waals surface area (Å²) in [5.41, 5.74) is 0. The van der Waals surface area contributed by atoms with Crippen molar-refractivity contribution in [2.75, 3.05) is 6.54 Å². The molecule has 1 amide bonds. The average molecular weight is 361 g/mol. The normalized spacial score (nSPS) is 12.0. The maximum absolute atomic E-state index is 12.5. The van der Waals surface area contributed by atoms with E-state index in [1.165, 1.54) is 11.3 Å². The van der Waals surface area contributed by atoms with Gasteiger partial charge in [0.05, 0.1) is 11.4 Å². The number of carbonyl (C=O) groups excluding carboxylic acids is 1. The third-order valence-electron chi connectivity index (χ3n) is 3.21. The number of hydrogen-bond acceptors (Lipinski definition) is 5. The number of halogens is 3. The Balaban J connectivity index is 2.10. The van der Waals surface area contributed by atoms with Crippen LogP contribution in [0, 0.1) is 5.92 Å². The van der Waals surface area contributed by atoms with E-state index in [0.29, 0.717) is 24.4 Å². The average Bonchev–Trinajstić information content (AvgIpc) is 3.12. The second-order valence-corrected chi connectivity index (χ2v) is 6.86. The summed E-state index contributed by atoms with van der Waals surface area (Å²) in [7, 11) is 0. The molecule has 0 aliphatic rings. The van der Waals surface area contributed by atoms with Crippen LogP contribution in [0.1, 0.15) is 38.0 Å². The molecule has 2 heterocycles. The highest BCUT2D eigenvalue weighted by atomic mass is 32.1. The van der Waals surface area contributed by atoms with Crippen LogP contribution in [0.15, 0.2) is 16.7 Å². The van der Waals surface area contributed by atoms with E-state index in [-0.39, 0.29) is 17.6 Å². The van der Waals surface area contributed by atoms with E-state index in [0.717, 1.165) is 4.88 Å². The standard InChI is InChI=1S/C15H18F3N3O2S/c1-4-21(12(22)7-9(2)3)8-10-5-6-11(24-10)13-19-14(23-20-13)15(16,17)18/h5-6,9H,4,7-8H2,1-3H3. The number of alkyl halides is 3. The van der Waals surface area contributed by atoms with Crippen LogP contribution in [0.2, 0.25) is 0 Å². The number of nitrogens with zero attached hydrogens (tertiary/aromatic N) is 3. The monoisotopic (exact) mass is 361 g/mol. The van der Waals surface area contributed by atoms with Crippen molar-refractivity contribution in [3.63, 3.8) is 0 Å². The number of carbonyl (C=O) groups is 1. The van der Waals surface area contributed by atoms with E-state index >= 15 is 0 Å². The highest BCUT2D eigenvalue weighted by Gasteiger charge is 2.38. The fourth-order valence-electron chi connectivity index (χ4n) is 2.06. The molecule has 0 saturated heterocycles. The first-order valence-corrected chi connectivity index (χ1v) is 8.30. The van der Waals surface area contributed by atoms with Crippen molar-refractivity contribution in [1.82, 2.24) is 15.0 Å². The van der Waals surface area contributed by atoms with E-state index in [1.54, 1.807) is 17.0 Å². The van der Waals surface area contributed by atoms with Gasteiger partial charge in [0, 0.05) is 17.8 Å². The van der Waals surface area contributed by atoms with Crippen LogP contribution >= 0.6 is 11.3 Å². The van der Waals surface area contributed by atoms with Gasteiger partial charge >= 0.3 is 12.1 Å². The van der Waals surface area contributed by atoms with E-state index in [1.807, 2.05) is 20.8 Å². The van der Waals surface area contributed by atoms with E-state index < -0.39 is 12.1 Å². The number of amides is 1. The molecule has 0 saturated carbocycles. The van der Waals surface area contributed by atoms with Gasteiger partial charge in [-0.2, -0.15) is 18.2 Å². The van der Waals surface area contributed by atoms with Crippen molar-refractivity contribution in [1.29, 1.82) is 0 Å². The second kappa shape index (κ2) is 7.33. The Morgan fingerprint density at radius 2 is 2.08 bits per heavy atom. The summed E-state index contributed by atoms with van der Waals surface area (Å²) in [5.74, 6) is -1.14. The predicted octanol–water partition coefficient (Wildman–Crippen LogP) is 4.21. The zero-order valence-electron chi connectivity index (χ0n) is 13.6. The van der Waals surface area contributed by atoms with Crippen molar-refractivity contribution < 1.29 is 22.5 Å². The second-order valence-electron chi connectivity index (χ2n) is 5.69. The van der Waals surface area contributed by atoms with Crippen molar-refractivity contribution in [3.8, 4) is 10.7 Å². The summed E-state index contributed by atoms with van der Waals surface area (Å²) in [4.78, 5) is 18.5. The number of aromatic nitrogens is 2. The van der Waals surface area contributed by atoms with Gasteiger partial charge in [-0.15, -0.1) is 11.3 Å². The summed E-state index contributed by atoms with van der Waals surface area (Å²) in [5, 5.41) is 3.36. The lowest BCUT2D eigenvalue weighted by atomic mass is 10.1. The van der Waals surface area contributed by atoms with Gasteiger partial charge in [0.25, 0.3) is 0 Å². The van der Waals surface area contributed by atoms with Gasteiger partial charge < -0.3 is 9.42 Å². The maximum atomic E-state index is 12.5. The van der Waals surface area contributed by atoms with Crippen LogP contribution in [0.4, 0.5) is 13.2 Å². The summed E-state index contributed by atoms with van der Waals surface area (Å²) in [6.45, 7) is 6.82. The van der Waals surface area contributed by atoms with Gasteiger partial charge in [0.1, 0.15) is 0 Å². The third-order valence-corrected chi connectivity index (χ3v) is 4.28. The summed E-state index contributed by atoms with van der Waals surface area (Å²) in [6, 6.07) is 3.39. The Morgan fingerprint density at radius 1 is 1.38 bits per heavy atom. The van der Waals surface area contributed by atoms with Crippen molar-refractivity contribution in [3.05, 3.63) is 22.9 Å². The molecule has 2 rings (SSSR count). The molecule has 0 aliphatic carbocycles. The smallest absolute Gasteiger partial charge is 0.338 e. The zero-order valence-corrected chi connectivity index (χ0v) is 14.4. The van der Waals surface area contributed by atoms with Crippen molar-refractivity contribution >= 4 is 17.2 Å². The molecule has 0 aromatic carbocycles. The third kappa shape index (κ3) is 4.56. The molecule has 0 bridgehead atoms. The van der Waals surface area contributed by atoms with Gasteiger partial charge in [0.15, 0.2) is 0 Å². The van der Waals surface area contributed by atoms with Crippen LogP contribution in [-0.4, -0.2) is 27.5 Å². The van der Waals surface area contributed by atoms with Gasteiger partial charge in [-0.25, -0.2) is 0 Å². The minimum absolute atomic E-state index is 0.0568. The van der Waals surface area contributed by atoms with E-state index in [4.69, 9.17) is 0 Å².